The van der Waals surface area contributed by atoms with Gasteiger partial charge in [-0.15, -0.1) is 5.06 Å². The number of unbranched alkanes of at least 4 members (excludes halogenated alkanes) is 3. The molecule has 0 aliphatic carbocycles. The molecule has 6 nitrogen and oxygen atoms in total. The smallest absolute Gasteiger partial charge is 0.333 e. The summed E-state index contributed by atoms with van der Waals surface area (Å²) >= 11 is 0. The zero-order valence-corrected chi connectivity index (χ0v) is 15.2. The van der Waals surface area contributed by atoms with Crippen molar-refractivity contribution in [2.75, 3.05) is 0 Å². The Morgan fingerprint density at radius 2 is 1.58 bits per heavy atom. The van der Waals surface area contributed by atoms with Crippen LogP contribution in [0.2, 0.25) is 0 Å². The van der Waals surface area contributed by atoms with E-state index in [1.807, 2.05) is 33.8 Å². The molecular formula is C18H29NO5. The molecule has 0 aromatic rings. The van der Waals surface area contributed by atoms with Crippen molar-refractivity contribution in [1.29, 1.82) is 0 Å². The molecule has 1 fully saturated rings. The van der Waals surface area contributed by atoms with Gasteiger partial charge in [-0.25, -0.2) is 4.79 Å². The minimum absolute atomic E-state index is 0.121. The van der Waals surface area contributed by atoms with E-state index in [4.69, 9.17) is 9.57 Å². The van der Waals surface area contributed by atoms with Crippen molar-refractivity contribution in [3.63, 3.8) is 0 Å². The van der Waals surface area contributed by atoms with Crippen LogP contribution in [-0.4, -0.2) is 28.4 Å². The number of allylic oxidation sites excluding steroid dienone is 2. The van der Waals surface area contributed by atoms with E-state index in [0.29, 0.717) is 11.5 Å². The molecule has 24 heavy (non-hydrogen) atoms. The van der Waals surface area contributed by atoms with Gasteiger partial charge in [-0.2, -0.15) is 0 Å². The number of carbonyl (C=O) groups excluding carboxylic acids is 3. The van der Waals surface area contributed by atoms with Crippen LogP contribution in [0, 0.1) is 0 Å². The normalized spacial score (nSPS) is 15.8. The lowest BCUT2D eigenvalue weighted by Crippen LogP contribution is -2.31. The molecule has 0 saturated carbocycles. The third-order valence-corrected chi connectivity index (χ3v) is 3.51. The molecule has 2 amide bonds. The maximum atomic E-state index is 11.6. The van der Waals surface area contributed by atoms with Gasteiger partial charge in [-0.05, 0) is 46.6 Å². The fourth-order valence-electron chi connectivity index (χ4n) is 2.38. The molecule has 1 rings (SSSR count). The Bertz CT molecular complexity index is 474. The molecule has 0 aromatic heterocycles. The first-order valence-electron chi connectivity index (χ1n) is 8.63. The summed E-state index contributed by atoms with van der Waals surface area (Å²) in [5.41, 5.74) is -0.184. The average Bonchev–Trinajstić information content (AvgIpc) is 2.80. The second-order valence-corrected chi connectivity index (χ2v) is 6.93. The number of hydroxylamine groups is 2. The monoisotopic (exact) mass is 339 g/mol. The van der Waals surface area contributed by atoms with Gasteiger partial charge in [0.2, 0.25) is 0 Å². The van der Waals surface area contributed by atoms with E-state index in [-0.39, 0.29) is 24.9 Å². The molecule has 0 spiro atoms. The fourth-order valence-corrected chi connectivity index (χ4v) is 2.38. The summed E-state index contributed by atoms with van der Waals surface area (Å²) in [7, 11) is 0. The Hall–Kier alpha value is -1.85. The van der Waals surface area contributed by atoms with Crippen molar-refractivity contribution in [2.24, 2.45) is 0 Å². The third-order valence-electron chi connectivity index (χ3n) is 3.51. The van der Waals surface area contributed by atoms with Crippen LogP contribution in [0.5, 0.6) is 0 Å². The SMILES string of the molecule is CC=C(CCCCCCC(=O)ON1C(=O)CCC1=O)OC(C)(C)C. The first-order chi connectivity index (χ1) is 11.2. The van der Waals surface area contributed by atoms with Gasteiger partial charge < -0.3 is 9.57 Å². The summed E-state index contributed by atoms with van der Waals surface area (Å²) in [6.07, 6.45) is 6.89. The van der Waals surface area contributed by atoms with Gasteiger partial charge in [0.15, 0.2) is 0 Å². The zero-order valence-electron chi connectivity index (χ0n) is 15.2. The predicted molar refractivity (Wildman–Crippen MR) is 89.5 cm³/mol. The van der Waals surface area contributed by atoms with Gasteiger partial charge >= 0.3 is 5.97 Å². The summed E-state index contributed by atoms with van der Waals surface area (Å²) in [6.45, 7) is 8.05. The summed E-state index contributed by atoms with van der Waals surface area (Å²) < 4.78 is 5.84. The minimum Gasteiger partial charge on any atom is -0.493 e. The Kier molecular flexibility index (Phi) is 7.95. The van der Waals surface area contributed by atoms with E-state index in [9.17, 15) is 14.4 Å². The summed E-state index contributed by atoms with van der Waals surface area (Å²) in [4.78, 5) is 39.1. The van der Waals surface area contributed by atoms with Crippen LogP contribution in [0.4, 0.5) is 0 Å². The number of ether oxygens (including phenoxy) is 1. The quantitative estimate of drug-likeness (QED) is 0.364. The van der Waals surface area contributed by atoms with E-state index in [1.54, 1.807) is 0 Å². The lowest BCUT2D eigenvalue weighted by Gasteiger charge is -2.23. The number of amides is 2. The highest BCUT2D eigenvalue weighted by atomic mass is 16.7. The predicted octanol–water partition coefficient (Wildman–Crippen LogP) is 3.65. The number of nitrogens with zero attached hydrogens (tertiary/aromatic N) is 1. The Labute approximate surface area is 144 Å². The first-order valence-corrected chi connectivity index (χ1v) is 8.63. The fraction of sp³-hybridized carbons (Fsp3) is 0.722. The van der Waals surface area contributed by atoms with Crippen molar-refractivity contribution in [3.05, 3.63) is 11.8 Å². The van der Waals surface area contributed by atoms with Gasteiger partial charge in [0.05, 0.1) is 5.76 Å². The lowest BCUT2D eigenvalue weighted by molar-refractivity contribution is -0.197. The van der Waals surface area contributed by atoms with Gasteiger partial charge in [0.1, 0.15) is 5.60 Å². The van der Waals surface area contributed by atoms with Gasteiger partial charge in [-0.3, -0.25) is 9.59 Å². The molecule has 0 radical (unpaired) electrons. The van der Waals surface area contributed by atoms with Crippen LogP contribution in [0.1, 0.15) is 79.1 Å². The molecule has 0 unspecified atom stereocenters. The number of hydrogen-bond acceptors (Lipinski definition) is 5. The first kappa shape index (κ1) is 20.2. The number of rotatable bonds is 9. The van der Waals surface area contributed by atoms with Crippen LogP contribution in [0.25, 0.3) is 0 Å². The van der Waals surface area contributed by atoms with E-state index >= 15 is 0 Å². The van der Waals surface area contributed by atoms with Crippen LogP contribution in [0.15, 0.2) is 11.8 Å². The summed E-state index contributed by atoms with van der Waals surface area (Å²) in [6, 6.07) is 0. The van der Waals surface area contributed by atoms with E-state index in [0.717, 1.165) is 31.4 Å². The molecule has 1 aliphatic heterocycles. The molecule has 1 aliphatic rings. The molecular weight excluding hydrogens is 310 g/mol. The molecule has 1 saturated heterocycles. The zero-order chi connectivity index (χ0) is 18.2. The summed E-state index contributed by atoms with van der Waals surface area (Å²) in [5, 5.41) is 0.602. The highest BCUT2D eigenvalue weighted by Crippen LogP contribution is 2.19. The second-order valence-electron chi connectivity index (χ2n) is 6.93. The van der Waals surface area contributed by atoms with E-state index in [1.165, 1.54) is 0 Å². The minimum atomic E-state index is -0.524. The Balaban J connectivity index is 2.12. The van der Waals surface area contributed by atoms with Gasteiger partial charge in [0, 0.05) is 25.7 Å². The van der Waals surface area contributed by atoms with Crippen LogP contribution >= 0.6 is 0 Å². The Morgan fingerprint density at radius 3 is 2.08 bits per heavy atom. The Morgan fingerprint density at radius 1 is 1.04 bits per heavy atom. The molecule has 1 heterocycles. The van der Waals surface area contributed by atoms with Gasteiger partial charge in [-0.1, -0.05) is 12.8 Å². The number of hydrogen-bond donors (Lipinski definition) is 0. The number of imide groups is 1. The van der Waals surface area contributed by atoms with Crippen LogP contribution in [0.3, 0.4) is 0 Å². The number of carbonyl (C=O) groups is 3. The van der Waals surface area contributed by atoms with Crippen molar-refractivity contribution < 1.29 is 24.0 Å². The maximum absolute atomic E-state index is 11.6. The average molecular weight is 339 g/mol. The van der Waals surface area contributed by atoms with Crippen LogP contribution < -0.4 is 0 Å². The van der Waals surface area contributed by atoms with E-state index < -0.39 is 17.8 Å². The van der Waals surface area contributed by atoms with Gasteiger partial charge in [0.25, 0.3) is 11.8 Å². The second kappa shape index (κ2) is 9.45. The van der Waals surface area contributed by atoms with E-state index in [2.05, 4.69) is 0 Å². The highest BCUT2D eigenvalue weighted by Gasteiger charge is 2.32. The molecule has 0 N–H and O–H groups in total. The topological polar surface area (TPSA) is 72.9 Å². The third kappa shape index (κ3) is 7.62. The highest BCUT2D eigenvalue weighted by molar-refractivity contribution is 6.01. The molecule has 0 bridgehead atoms. The largest absolute Gasteiger partial charge is 0.493 e. The molecule has 0 aromatic carbocycles. The van der Waals surface area contributed by atoms with Crippen LogP contribution in [-0.2, 0) is 24.0 Å². The maximum Gasteiger partial charge on any atom is 0.333 e. The molecule has 136 valence electrons. The summed E-state index contributed by atoms with van der Waals surface area (Å²) in [5.74, 6) is -0.408. The van der Waals surface area contributed by atoms with Crippen molar-refractivity contribution in [1.82, 2.24) is 5.06 Å². The van der Waals surface area contributed by atoms with Crippen molar-refractivity contribution in [2.45, 2.75) is 84.7 Å². The van der Waals surface area contributed by atoms with Crippen molar-refractivity contribution >= 4 is 17.8 Å². The molecule has 0 atom stereocenters. The lowest BCUT2D eigenvalue weighted by atomic mass is 10.1. The standard InChI is InChI=1S/C18H29NO5/c1-5-14(23-18(2,3)4)10-8-6-7-9-11-17(22)24-19-15(20)12-13-16(19)21/h5H,6-13H2,1-4H3. The molecule has 6 heteroatoms. The van der Waals surface area contributed by atoms with Crippen molar-refractivity contribution in [3.8, 4) is 0 Å².